The second kappa shape index (κ2) is 13.9. The number of amides is 1. The lowest BCUT2D eigenvalue weighted by Crippen LogP contribution is -2.47. The van der Waals surface area contributed by atoms with Gasteiger partial charge in [0.2, 0.25) is 5.91 Å². The third kappa shape index (κ3) is 8.94. The number of hydrogen-bond donors (Lipinski definition) is 2. The van der Waals surface area contributed by atoms with Crippen LogP contribution in [0.1, 0.15) is 51.5 Å². The summed E-state index contributed by atoms with van der Waals surface area (Å²) in [6.07, 6.45) is 6.17. The van der Waals surface area contributed by atoms with Crippen molar-refractivity contribution in [1.29, 1.82) is 0 Å². The molecule has 0 aliphatic carbocycles. The maximum atomic E-state index is 11.3. The molecule has 1 aromatic carbocycles. The monoisotopic (exact) mass is 544 g/mol. The van der Waals surface area contributed by atoms with Gasteiger partial charge in [-0.25, -0.2) is 4.99 Å². The van der Waals surface area contributed by atoms with Crippen LogP contribution in [0.3, 0.4) is 0 Å². The van der Waals surface area contributed by atoms with Crippen molar-refractivity contribution in [2.24, 2.45) is 4.99 Å². The van der Waals surface area contributed by atoms with E-state index in [1.54, 1.807) is 0 Å². The zero-order valence-electron chi connectivity index (χ0n) is 18.8. The number of rotatable bonds is 7. The Hall–Kier alpha value is -1.39. The summed E-state index contributed by atoms with van der Waals surface area (Å²) in [4.78, 5) is 18.4. The van der Waals surface area contributed by atoms with E-state index >= 15 is 0 Å². The smallest absolute Gasteiger partial charge is 0.221 e. The van der Waals surface area contributed by atoms with Crippen LogP contribution in [-0.2, 0) is 20.8 Å². The molecule has 2 N–H and O–H groups in total. The Bertz CT molecular complexity index is 702. The molecule has 2 fully saturated rings. The SMILES string of the molecule is CCNC(=NCc1cccc(NC(C)=O)c1)N1CCC(OCC2CCCCO2)CC1.I. The van der Waals surface area contributed by atoms with E-state index in [0.717, 1.165) is 69.3 Å². The van der Waals surface area contributed by atoms with Crippen LogP contribution in [0.4, 0.5) is 5.69 Å². The van der Waals surface area contributed by atoms with E-state index in [1.807, 2.05) is 24.3 Å². The summed E-state index contributed by atoms with van der Waals surface area (Å²) >= 11 is 0. The number of nitrogens with one attached hydrogen (secondary N) is 2. The lowest BCUT2D eigenvalue weighted by Gasteiger charge is -2.35. The van der Waals surface area contributed by atoms with Crippen LogP contribution < -0.4 is 10.6 Å². The average Bonchev–Trinajstić information content (AvgIpc) is 2.76. The molecule has 31 heavy (non-hydrogen) atoms. The topological polar surface area (TPSA) is 75.2 Å². The van der Waals surface area contributed by atoms with Gasteiger partial charge in [0.25, 0.3) is 0 Å². The van der Waals surface area contributed by atoms with Gasteiger partial charge in [-0.2, -0.15) is 0 Å². The van der Waals surface area contributed by atoms with Gasteiger partial charge in [0.15, 0.2) is 5.96 Å². The molecule has 0 saturated carbocycles. The summed E-state index contributed by atoms with van der Waals surface area (Å²) in [7, 11) is 0. The third-order valence-electron chi connectivity index (χ3n) is 5.53. The molecule has 0 bridgehead atoms. The first-order chi connectivity index (χ1) is 14.6. The van der Waals surface area contributed by atoms with Gasteiger partial charge >= 0.3 is 0 Å². The molecule has 8 heteroatoms. The minimum Gasteiger partial charge on any atom is -0.376 e. The molecule has 1 aromatic rings. The Morgan fingerprint density at radius 2 is 2.06 bits per heavy atom. The van der Waals surface area contributed by atoms with Crippen molar-refractivity contribution >= 4 is 41.5 Å². The fraction of sp³-hybridized carbons (Fsp3) is 0.652. The summed E-state index contributed by atoms with van der Waals surface area (Å²) in [5, 5.41) is 6.24. The Kier molecular flexibility index (Phi) is 11.6. The zero-order valence-corrected chi connectivity index (χ0v) is 21.1. The number of carbonyl (C=O) groups excluding carboxylic acids is 1. The van der Waals surface area contributed by atoms with Gasteiger partial charge in [0.1, 0.15) is 0 Å². The maximum absolute atomic E-state index is 11.3. The summed E-state index contributed by atoms with van der Waals surface area (Å²) in [5.74, 6) is 0.876. The molecule has 174 valence electrons. The Labute approximate surface area is 203 Å². The second-order valence-electron chi connectivity index (χ2n) is 8.06. The molecule has 2 saturated heterocycles. The van der Waals surface area contributed by atoms with E-state index < -0.39 is 0 Å². The summed E-state index contributed by atoms with van der Waals surface area (Å²) < 4.78 is 11.9. The first kappa shape index (κ1) is 25.9. The van der Waals surface area contributed by atoms with E-state index in [9.17, 15) is 4.79 Å². The van der Waals surface area contributed by atoms with Crippen molar-refractivity contribution in [1.82, 2.24) is 10.2 Å². The number of anilines is 1. The molecular weight excluding hydrogens is 507 g/mol. The Balaban J connectivity index is 0.00000341. The number of guanidine groups is 1. The number of benzene rings is 1. The minimum absolute atomic E-state index is 0. The molecule has 1 unspecified atom stereocenters. The molecule has 2 aliphatic heterocycles. The zero-order chi connectivity index (χ0) is 21.2. The predicted molar refractivity (Wildman–Crippen MR) is 135 cm³/mol. The molecule has 2 aliphatic rings. The summed E-state index contributed by atoms with van der Waals surface area (Å²) in [6.45, 7) is 8.50. The molecule has 0 radical (unpaired) electrons. The number of carbonyl (C=O) groups is 1. The van der Waals surface area contributed by atoms with Gasteiger partial charge in [-0.1, -0.05) is 12.1 Å². The first-order valence-corrected chi connectivity index (χ1v) is 11.3. The highest BCUT2D eigenvalue weighted by atomic mass is 127. The first-order valence-electron chi connectivity index (χ1n) is 11.3. The number of aliphatic imine (C=N–C) groups is 1. The number of likely N-dealkylation sites (tertiary alicyclic amines) is 1. The van der Waals surface area contributed by atoms with Crippen molar-refractivity contribution in [3.05, 3.63) is 29.8 Å². The van der Waals surface area contributed by atoms with Crippen LogP contribution in [0.2, 0.25) is 0 Å². The normalized spacial score (nSPS) is 20.1. The highest BCUT2D eigenvalue weighted by Gasteiger charge is 2.23. The number of halogens is 1. The summed E-state index contributed by atoms with van der Waals surface area (Å²) in [6, 6.07) is 7.85. The van der Waals surface area contributed by atoms with Crippen LogP contribution >= 0.6 is 24.0 Å². The number of nitrogens with zero attached hydrogens (tertiary/aromatic N) is 2. The van der Waals surface area contributed by atoms with Crippen LogP contribution in [0.15, 0.2) is 29.3 Å². The van der Waals surface area contributed by atoms with Crippen molar-refractivity contribution < 1.29 is 14.3 Å². The highest BCUT2D eigenvalue weighted by molar-refractivity contribution is 14.0. The van der Waals surface area contributed by atoms with E-state index in [-0.39, 0.29) is 36.0 Å². The highest BCUT2D eigenvalue weighted by Crippen LogP contribution is 2.18. The molecule has 0 aromatic heterocycles. The third-order valence-corrected chi connectivity index (χ3v) is 5.53. The number of piperidine rings is 1. The largest absolute Gasteiger partial charge is 0.376 e. The number of hydrogen-bond acceptors (Lipinski definition) is 4. The van der Waals surface area contributed by atoms with Gasteiger partial charge in [-0.3, -0.25) is 4.79 Å². The molecule has 0 spiro atoms. The van der Waals surface area contributed by atoms with E-state index in [1.165, 1.54) is 19.8 Å². The molecule has 7 nitrogen and oxygen atoms in total. The molecule has 1 amide bonds. The lowest BCUT2D eigenvalue weighted by molar-refractivity contribution is -0.114. The fourth-order valence-electron chi connectivity index (χ4n) is 3.96. The molecule has 3 rings (SSSR count). The van der Waals surface area contributed by atoms with E-state index in [4.69, 9.17) is 14.5 Å². The molecule has 1 atom stereocenters. The molecule has 2 heterocycles. The van der Waals surface area contributed by atoms with E-state index in [0.29, 0.717) is 12.6 Å². The molecular formula is C23H37IN4O3. The van der Waals surface area contributed by atoms with Gasteiger partial charge in [0, 0.05) is 38.9 Å². The van der Waals surface area contributed by atoms with Gasteiger partial charge < -0.3 is 25.0 Å². The lowest BCUT2D eigenvalue weighted by atomic mass is 10.1. The second-order valence-corrected chi connectivity index (χ2v) is 8.06. The van der Waals surface area contributed by atoms with Crippen LogP contribution in [0, 0.1) is 0 Å². The summed E-state index contributed by atoms with van der Waals surface area (Å²) in [5.41, 5.74) is 1.88. The van der Waals surface area contributed by atoms with Gasteiger partial charge in [0.05, 0.1) is 25.4 Å². The van der Waals surface area contributed by atoms with Crippen molar-refractivity contribution in [2.45, 2.75) is 64.7 Å². The Morgan fingerprint density at radius 1 is 1.26 bits per heavy atom. The van der Waals surface area contributed by atoms with Crippen LogP contribution in [-0.4, -0.2) is 61.8 Å². The Morgan fingerprint density at radius 3 is 2.74 bits per heavy atom. The quantitative estimate of drug-likeness (QED) is 0.311. The number of ether oxygens (including phenoxy) is 2. The fourth-order valence-corrected chi connectivity index (χ4v) is 3.96. The van der Waals surface area contributed by atoms with Crippen molar-refractivity contribution in [3.8, 4) is 0 Å². The van der Waals surface area contributed by atoms with Crippen LogP contribution in [0.25, 0.3) is 0 Å². The average molecular weight is 544 g/mol. The maximum Gasteiger partial charge on any atom is 0.221 e. The van der Waals surface area contributed by atoms with Crippen molar-refractivity contribution in [3.63, 3.8) is 0 Å². The van der Waals surface area contributed by atoms with Gasteiger partial charge in [-0.15, -0.1) is 24.0 Å². The minimum atomic E-state index is -0.0656. The van der Waals surface area contributed by atoms with Gasteiger partial charge in [-0.05, 0) is 56.7 Å². The standard InChI is InChI=1S/C23H36N4O3.HI/c1-3-24-23(25-16-19-7-6-8-20(15-19)26-18(2)28)27-12-10-21(11-13-27)30-17-22-9-4-5-14-29-22;/h6-8,15,21-22H,3-5,9-14,16-17H2,1-2H3,(H,24,25)(H,26,28);1H. The predicted octanol–water partition coefficient (Wildman–Crippen LogP) is 3.78. The van der Waals surface area contributed by atoms with Crippen molar-refractivity contribution in [2.75, 3.05) is 38.2 Å². The van der Waals surface area contributed by atoms with Crippen LogP contribution in [0.5, 0.6) is 0 Å². The van der Waals surface area contributed by atoms with E-state index in [2.05, 4.69) is 22.5 Å².